The molecule has 1 aliphatic heterocycles. The molecule has 29 heavy (non-hydrogen) atoms. The molecule has 3 rings (SSSR count). The van der Waals surface area contributed by atoms with Crippen molar-refractivity contribution < 1.29 is 24.4 Å². The van der Waals surface area contributed by atoms with Gasteiger partial charge in [0.05, 0.1) is 29.7 Å². The topological polar surface area (TPSA) is 81.2 Å². The number of thiophene rings is 1. The summed E-state index contributed by atoms with van der Waals surface area (Å²) in [7, 11) is 1.56. The van der Waals surface area contributed by atoms with E-state index in [-0.39, 0.29) is 29.6 Å². The molecule has 1 aromatic carbocycles. The number of rotatable bonds is 5. The Morgan fingerprint density at radius 2 is 1.97 bits per heavy atom. The first kappa shape index (κ1) is 21.3. The summed E-state index contributed by atoms with van der Waals surface area (Å²) in [5.74, 6) is -0.0697. The van der Waals surface area contributed by atoms with Crippen molar-refractivity contribution >= 4 is 28.2 Å². The van der Waals surface area contributed by atoms with Crippen LogP contribution in [0.15, 0.2) is 24.3 Å². The molecule has 0 bridgehead atoms. The fourth-order valence-electron chi connectivity index (χ4n) is 4.15. The number of carbonyl (C=O) groups is 2. The lowest BCUT2D eigenvalue weighted by Gasteiger charge is -2.38. The van der Waals surface area contributed by atoms with Gasteiger partial charge in [0.25, 0.3) is 5.91 Å². The maximum Gasteiger partial charge on any atom is 0.341 e. The molecule has 3 N–H and O–H groups in total. The van der Waals surface area contributed by atoms with Gasteiger partial charge in [-0.2, -0.15) is 0 Å². The minimum Gasteiger partial charge on any atom is -0.497 e. The van der Waals surface area contributed by atoms with Gasteiger partial charge >= 0.3 is 5.97 Å². The van der Waals surface area contributed by atoms with Crippen LogP contribution in [0.25, 0.3) is 0 Å². The average molecular weight is 418 g/mol. The molecule has 0 atom stereocenters. The Hall–Kier alpha value is -2.38. The third-order valence-electron chi connectivity index (χ3n) is 5.01. The van der Waals surface area contributed by atoms with Crippen LogP contribution in [0.5, 0.6) is 5.75 Å². The van der Waals surface area contributed by atoms with E-state index in [1.165, 1.54) is 11.3 Å². The highest BCUT2D eigenvalue weighted by Crippen LogP contribution is 2.42. The van der Waals surface area contributed by atoms with E-state index in [1.54, 1.807) is 38.3 Å². The van der Waals surface area contributed by atoms with Gasteiger partial charge in [0, 0.05) is 12.0 Å². The number of nitrogens with one attached hydrogen (secondary N) is 1. The first-order chi connectivity index (χ1) is 13.6. The maximum absolute atomic E-state index is 12.9. The highest BCUT2D eigenvalue weighted by molar-refractivity contribution is 7.17. The van der Waals surface area contributed by atoms with E-state index in [9.17, 15) is 9.59 Å². The Morgan fingerprint density at radius 1 is 1.24 bits per heavy atom. The van der Waals surface area contributed by atoms with E-state index in [2.05, 4.69) is 38.3 Å². The minimum absolute atomic E-state index is 0.0626. The number of hydrogen-bond acceptors (Lipinski definition) is 5. The van der Waals surface area contributed by atoms with Crippen molar-refractivity contribution in [1.29, 1.82) is 0 Å². The number of ether oxygens (including phenoxy) is 2. The standard InChI is InChI=1S/C22H28N2O4S/c1-7-28-20(26)16-15-12-21(2,3)24-22(4,5)17(15)29-19(16)23-18(25)13-9-8-10-14(11-13)27-6/h8-11,24H,7,12H2,1-6H3,(H,23,25)/p+1. The molecule has 2 heterocycles. The van der Waals surface area contributed by atoms with Crippen LogP contribution in [0.2, 0.25) is 0 Å². The lowest BCUT2D eigenvalue weighted by atomic mass is 9.81. The zero-order valence-electron chi connectivity index (χ0n) is 17.8. The van der Waals surface area contributed by atoms with Crippen LogP contribution < -0.4 is 15.4 Å². The van der Waals surface area contributed by atoms with Crippen LogP contribution in [0.4, 0.5) is 5.00 Å². The number of hydrogen-bond donors (Lipinski definition) is 2. The van der Waals surface area contributed by atoms with Gasteiger partial charge in [0.1, 0.15) is 16.3 Å². The Morgan fingerprint density at radius 3 is 2.62 bits per heavy atom. The average Bonchev–Trinajstić information content (AvgIpc) is 2.99. The van der Waals surface area contributed by atoms with Gasteiger partial charge in [-0.15, -0.1) is 11.3 Å². The molecule has 7 heteroatoms. The van der Waals surface area contributed by atoms with E-state index in [0.29, 0.717) is 21.9 Å². The second kappa shape index (κ2) is 7.80. The van der Waals surface area contributed by atoms with Crippen molar-refractivity contribution in [2.75, 3.05) is 19.0 Å². The fraction of sp³-hybridized carbons (Fsp3) is 0.455. The Labute approximate surface area is 175 Å². The van der Waals surface area contributed by atoms with Gasteiger partial charge in [0.15, 0.2) is 0 Å². The van der Waals surface area contributed by atoms with Gasteiger partial charge < -0.3 is 20.1 Å². The summed E-state index contributed by atoms with van der Waals surface area (Å²) in [6.07, 6.45) is 0.728. The number of amides is 1. The lowest BCUT2D eigenvalue weighted by Crippen LogP contribution is -3.03. The summed E-state index contributed by atoms with van der Waals surface area (Å²) in [6.45, 7) is 10.7. The predicted octanol–water partition coefficient (Wildman–Crippen LogP) is 3.32. The number of benzene rings is 1. The summed E-state index contributed by atoms with van der Waals surface area (Å²) in [6, 6.07) is 6.94. The molecular weight excluding hydrogens is 388 g/mol. The molecule has 0 fully saturated rings. The molecule has 6 nitrogen and oxygen atoms in total. The monoisotopic (exact) mass is 417 g/mol. The zero-order valence-corrected chi connectivity index (χ0v) is 18.7. The summed E-state index contributed by atoms with van der Waals surface area (Å²) < 4.78 is 10.5. The molecule has 0 radical (unpaired) electrons. The third kappa shape index (κ3) is 4.31. The molecule has 1 amide bonds. The fourth-order valence-corrected chi connectivity index (χ4v) is 5.43. The zero-order chi connectivity index (χ0) is 21.4. The molecule has 156 valence electrons. The van der Waals surface area contributed by atoms with Crippen molar-refractivity contribution in [3.05, 3.63) is 45.8 Å². The molecule has 0 spiro atoms. The number of anilines is 1. The largest absolute Gasteiger partial charge is 0.497 e. The van der Waals surface area contributed by atoms with E-state index in [1.807, 2.05) is 0 Å². The van der Waals surface area contributed by atoms with Crippen molar-refractivity contribution in [1.82, 2.24) is 0 Å². The van der Waals surface area contributed by atoms with Crippen LogP contribution in [-0.2, 0) is 16.7 Å². The van der Waals surface area contributed by atoms with Crippen molar-refractivity contribution in [3.63, 3.8) is 0 Å². The SMILES string of the molecule is CCOC(=O)c1c(NC(=O)c2cccc(OC)c2)sc2c1CC(C)(C)[NH2+]C2(C)C. The first-order valence-electron chi connectivity index (χ1n) is 9.73. The van der Waals surface area contributed by atoms with Crippen LogP contribution in [0.3, 0.4) is 0 Å². The van der Waals surface area contributed by atoms with Crippen LogP contribution in [0, 0.1) is 0 Å². The Bertz CT molecular complexity index is 946. The number of quaternary nitrogens is 1. The highest BCUT2D eigenvalue weighted by atomic mass is 32.1. The van der Waals surface area contributed by atoms with Crippen molar-refractivity contribution in [3.8, 4) is 5.75 Å². The van der Waals surface area contributed by atoms with E-state index in [0.717, 1.165) is 16.9 Å². The number of methoxy groups -OCH3 is 1. The van der Waals surface area contributed by atoms with Crippen LogP contribution in [0.1, 0.15) is 65.8 Å². The second-order valence-corrected chi connectivity index (χ2v) is 9.57. The number of carbonyl (C=O) groups excluding carboxylic acids is 2. The second-order valence-electron chi connectivity index (χ2n) is 8.55. The maximum atomic E-state index is 12.9. The smallest absolute Gasteiger partial charge is 0.341 e. The van der Waals surface area contributed by atoms with Gasteiger partial charge in [-0.25, -0.2) is 4.79 Å². The lowest BCUT2D eigenvalue weighted by molar-refractivity contribution is -0.789. The summed E-state index contributed by atoms with van der Waals surface area (Å²) in [5.41, 5.74) is 1.66. The molecule has 0 saturated carbocycles. The number of fused-ring (bicyclic) bond motifs is 1. The number of nitrogens with two attached hydrogens (primary N) is 1. The predicted molar refractivity (Wildman–Crippen MR) is 114 cm³/mol. The normalized spacial score (nSPS) is 16.6. The molecular formula is C22H29N2O4S+. The molecule has 0 saturated heterocycles. The quantitative estimate of drug-likeness (QED) is 0.732. The third-order valence-corrected chi connectivity index (χ3v) is 6.50. The molecule has 1 aromatic heterocycles. The first-order valence-corrected chi connectivity index (χ1v) is 10.6. The molecule has 2 aromatic rings. The van der Waals surface area contributed by atoms with Crippen molar-refractivity contribution in [2.45, 2.75) is 52.1 Å². The summed E-state index contributed by atoms with van der Waals surface area (Å²) in [4.78, 5) is 26.8. The molecule has 1 aliphatic rings. The van der Waals surface area contributed by atoms with Gasteiger partial charge in [-0.3, -0.25) is 4.79 Å². The minimum atomic E-state index is -0.389. The van der Waals surface area contributed by atoms with Gasteiger partial charge in [-0.1, -0.05) is 6.07 Å². The van der Waals surface area contributed by atoms with E-state index in [4.69, 9.17) is 9.47 Å². The highest BCUT2D eigenvalue weighted by Gasteiger charge is 2.45. The van der Waals surface area contributed by atoms with Gasteiger partial charge in [-0.05, 0) is 58.4 Å². The Kier molecular flexibility index (Phi) is 5.74. The Balaban J connectivity index is 2.05. The van der Waals surface area contributed by atoms with Crippen LogP contribution in [-0.4, -0.2) is 31.1 Å². The van der Waals surface area contributed by atoms with E-state index >= 15 is 0 Å². The van der Waals surface area contributed by atoms with Crippen molar-refractivity contribution in [2.24, 2.45) is 0 Å². The molecule has 0 aliphatic carbocycles. The summed E-state index contributed by atoms with van der Waals surface area (Å²) in [5, 5.41) is 5.81. The van der Waals surface area contributed by atoms with Crippen LogP contribution >= 0.6 is 11.3 Å². The van der Waals surface area contributed by atoms with Gasteiger partial charge in [0.2, 0.25) is 0 Å². The summed E-state index contributed by atoms with van der Waals surface area (Å²) >= 11 is 1.46. The van der Waals surface area contributed by atoms with E-state index < -0.39 is 0 Å². The number of esters is 1. The molecule has 0 unspecified atom stereocenters.